The molecule has 0 atom stereocenters. The van der Waals surface area contributed by atoms with Gasteiger partial charge in [0.05, 0.1) is 12.8 Å². The van der Waals surface area contributed by atoms with Gasteiger partial charge >= 0.3 is 0 Å². The number of aryl methyl sites for hydroxylation is 1. The van der Waals surface area contributed by atoms with Crippen LogP contribution in [0, 0.1) is 12.7 Å². The molecule has 0 unspecified atom stereocenters. The van der Waals surface area contributed by atoms with Gasteiger partial charge in [-0.15, -0.1) is 0 Å². The van der Waals surface area contributed by atoms with Crippen LogP contribution in [0.25, 0.3) is 21.8 Å². The lowest BCUT2D eigenvalue weighted by Gasteiger charge is -2.09. The molecule has 0 radical (unpaired) electrons. The lowest BCUT2D eigenvalue weighted by molar-refractivity contribution is 0.415. The first-order chi connectivity index (χ1) is 15.6. The molecule has 3 aromatic heterocycles. The van der Waals surface area contributed by atoms with Gasteiger partial charge in [0.15, 0.2) is 5.82 Å². The zero-order chi connectivity index (χ0) is 22.1. The van der Waals surface area contributed by atoms with E-state index in [0.717, 1.165) is 34.3 Å². The van der Waals surface area contributed by atoms with E-state index in [-0.39, 0.29) is 5.82 Å². The number of hydrogen-bond donors (Lipinski definition) is 4. The maximum absolute atomic E-state index is 14.9. The van der Waals surface area contributed by atoms with Crippen LogP contribution in [-0.2, 0) is 6.42 Å². The van der Waals surface area contributed by atoms with E-state index in [1.807, 2.05) is 37.4 Å². The van der Waals surface area contributed by atoms with Crippen molar-refractivity contribution < 1.29 is 9.13 Å². The molecule has 0 saturated carbocycles. The molecule has 0 bridgehead atoms. The Balaban J connectivity index is 1.27. The first-order valence-electron chi connectivity index (χ1n) is 10.4. The molecule has 0 amide bonds. The predicted molar refractivity (Wildman–Crippen MR) is 125 cm³/mol. The summed E-state index contributed by atoms with van der Waals surface area (Å²) in [5.41, 5.74) is 4.30. The van der Waals surface area contributed by atoms with Crippen LogP contribution in [0.1, 0.15) is 11.3 Å². The van der Waals surface area contributed by atoms with Crippen molar-refractivity contribution in [3.63, 3.8) is 0 Å². The topological polar surface area (TPSA) is 90.6 Å². The fourth-order valence-electron chi connectivity index (χ4n) is 3.86. The Bertz CT molecular complexity index is 1410. The molecule has 0 saturated heterocycles. The first kappa shape index (κ1) is 19.9. The molecule has 5 rings (SSSR count). The second kappa shape index (κ2) is 8.22. The van der Waals surface area contributed by atoms with Gasteiger partial charge in [0.2, 0.25) is 5.95 Å². The third-order valence-electron chi connectivity index (χ3n) is 5.44. The van der Waals surface area contributed by atoms with Gasteiger partial charge < -0.3 is 25.3 Å². The summed E-state index contributed by atoms with van der Waals surface area (Å²) in [6, 6.07) is 13.0. The predicted octanol–water partition coefficient (Wildman–Crippen LogP) is 5.29. The normalized spacial score (nSPS) is 11.2. The van der Waals surface area contributed by atoms with E-state index < -0.39 is 0 Å². The number of ether oxygens (including phenoxy) is 1. The molecule has 0 spiro atoms. The van der Waals surface area contributed by atoms with Crippen LogP contribution in [0.3, 0.4) is 0 Å². The summed E-state index contributed by atoms with van der Waals surface area (Å²) >= 11 is 0. The smallest absolute Gasteiger partial charge is 0.224 e. The van der Waals surface area contributed by atoms with Crippen molar-refractivity contribution in [1.82, 2.24) is 19.9 Å². The summed E-state index contributed by atoms with van der Waals surface area (Å²) in [6.07, 6.45) is 4.43. The van der Waals surface area contributed by atoms with Crippen LogP contribution in [0.5, 0.6) is 5.75 Å². The number of aromatic nitrogens is 4. The van der Waals surface area contributed by atoms with E-state index in [1.54, 1.807) is 31.5 Å². The number of methoxy groups -OCH3 is 1. The van der Waals surface area contributed by atoms with Crippen LogP contribution >= 0.6 is 0 Å². The third kappa shape index (κ3) is 3.82. The number of nitrogens with one attached hydrogen (secondary N) is 4. The summed E-state index contributed by atoms with van der Waals surface area (Å²) in [4.78, 5) is 15.2. The van der Waals surface area contributed by atoms with E-state index in [2.05, 4.69) is 30.6 Å². The van der Waals surface area contributed by atoms with E-state index in [9.17, 15) is 4.39 Å². The van der Waals surface area contributed by atoms with Crippen LogP contribution in [0.4, 0.5) is 21.8 Å². The number of fused-ring (bicyclic) bond motifs is 2. The highest BCUT2D eigenvalue weighted by atomic mass is 19.1. The van der Waals surface area contributed by atoms with E-state index in [4.69, 9.17) is 4.74 Å². The molecule has 8 heteroatoms. The van der Waals surface area contributed by atoms with Crippen molar-refractivity contribution in [2.75, 3.05) is 24.3 Å². The van der Waals surface area contributed by atoms with Crippen molar-refractivity contribution in [3.05, 3.63) is 71.9 Å². The van der Waals surface area contributed by atoms with Crippen LogP contribution in [0.2, 0.25) is 0 Å². The number of aromatic amines is 2. The Morgan fingerprint density at radius 3 is 2.81 bits per heavy atom. The molecule has 5 aromatic rings. The summed E-state index contributed by atoms with van der Waals surface area (Å²) in [5.74, 6) is 1.51. The summed E-state index contributed by atoms with van der Waals surface area (Å²) in [6.45, 7) is 2.55. The molecule has 0 fully saturated rings. The average Bonchev–Trinajstić information content (AvgIpc) is 3.39. The minimum Gasteiger partial charge on any atom is -0.497 e. The SMILES string of the molecule is COc1ccc2[nH]cc(CCNc3nccc(Nc4ccc5[nH]c(C)cc5c4F)n3)c2c1. The maximum atomic E-state index is 14.9. The van der Waals surface area contributed by atoms with Crippen molar-refractivity contribution in [3.8, 4) is 5.75 Å². The van der Waals surface area contributed by atoms with Crippen LogP contribution in [0.15, 0.2) is 54.9 Å². The second-order valence-corrected chi connectivity index (χ2v) is 7.63. The Morgan fingerprint density at radius 1 is 1.06 bits per heavy atom. The number of hydrogen-bond acceptors (Lipinski definition) is 5. The summed E-state index contributed by atoms with van der Waals surface area (Å²) < 4.78 is 20.2. The van der Waals surface area contributed by atoms with Crippen molar-refractivity contribution >= 4 is 39.3 Å². The molecule has 162 valence electrons. The van der Waals surface area contributed by atoms with E-state index >= 15 is 0 Å². The standard InChI is InChI=1S/C24H23FN6O/c1-14-11-18-20(29-14)5-6-21(23(18)25)30-22-8-10-27-24(31-22)26-9-7-15-13-28-19-4-3-16(32-2)12-17(15)19/h3-6,8,10-13,28-29H,7,9H2,1-2H3,(H2,26,27,30,31). The summed E-state index contributed by atoms with van der Waals surface area (Å²) in [7, 11) is 1.66. The lowest BCUT2D eigenvalue weighted by atomic mass is 10.1. The number of rotatable bonds is 7. The molecule has 2 aromatic carbocycles. The Morgan fingerprint density at radius 2 is 1.94 bits per heavy atom. The van der Waals surface area contributed by atoms with Gasteiger partial charge in [0, 0.05) is 46.4 Å². The largest absolute Gasteiger partial charge is 0.497 e. The van der Waals surface area contributed by atoms with Crippen LogP contribution in [-0.4, -0.2) is 33.6 Å². The highest BCUT2D eigenvalue weighted by Gasteiger charge is 2.11. The van der Waals surface area contributed by atoms with Gasteiger partial charge in [-0.1, -0.05) is 0 Å². The summed E-state index contributed by atoms with van der Waals surface area (Å²) in [5, 5.41) is 7.98. The van der Waals surface area contributed by atoms with Crippen molar-refractivity contribution in [2.45, 2.75) is 13.3 Å². The highest BCUT2D eigenvalue weighted by Crippen LogP contribution is 2.27. The zero-order valence-corrected chi connectivity index (χ0v) is 17.8. The molecule has 4 N–H and O–H groups in total. The third-order valence-corrected chi connectivity index (χ3v) is 5.44. The van der Waals surface area contributed by atoms with Gasteiger partial charge in [0.1, 0.15) is 11.6 Å². The van der Waals surface area contributed by atoms with Gasteiger partial charge in [-0.25, -0.2) is 9.37 Å². The van der Waals surface area contributed by atoms with E-state index in [1.165, 1.54) is 5.56 Å². The highest BCUT2D eigenvalue weighted by molar-refractivity contribution is 5.86. The molecule has 0 aliphatic heterocycles. The van der Waals surface area contributed by atoms with Gasteiger partial charge in [-0.05, 0) is 61.4 Å². The Kier molecular flexibility index (Phi) is 5.10. The molecule has 32 heavy (non-hydrogen) atoms. The average molecular weight is 430 g/mol. The molecular weight excluding hydrogens is 407 g/mol. The number of benzene rings is 2. The number of halogens is 1. The number of H-pyrrole nitrogens is 2. The minimum atomic E-state index is -0.310. The molecule has 7 nitrogen and oxygen atoms in total. The second-order valence-electron chi connectivity index (χ2n) is 7.63. The molecular formula is C24H23FN6O. The van der Waals surface area contributed by atoms with Crippen molar-refractivity contribution in [2.24, 2.45) is 0 Å². The quantitative estimate of drug-likeness (QED) is 0.282. The maximum Gasteiger partial charge on any atom is 0.224 e. The van der Waals surface area contributed by atoms with Crippen molar-refractivity contribution in [1.29, 1.82) is 0 Å². The molecule has 0 aliphatic carbocycles. The van der Waals surface area contributed by atoms with Gasteiger partial charge in [0.25, 0.3) is 0 Å². The fraction of sp³-hybridized carbons (Fsp3) is 0.167. The fourth-order valence-corrected chi connectivity index (χ4v) is 3.86. The number of anilines is 3. The first-order valence-corrected chi connectivity index (χ1v) is 10.4. The monoisotopic (exact) mass is 430 g/mol. The Hall–Kier alpha value is -4.07. The van der Waals surface area contributed by atoms with Gasteiger partial charge in [-0.2, -0.15) is 4.98 Å². The minimum absolute atomic E-state index is 0.310. The van der Waals surface area contributed by atoms with Crippen LogP contribution < -0.4 is 15.4 Å². The van der Waals surface area contributed by atoms with Gasteiger partial charge in [-0.3, -0.25) is 0 Å². The molecule has 0 aliphatic rings. The lowest BCUT2D eigenvalue weighted by Crippen LogP contribution is -2.08. The zero-order valence-electron chi connectivity index (χ0n) is 17.8. The number of nitrogens with zero attached hydrogens (tertiary/aromatic N) is 2. The molecule has 3 heterocycles. The Labute approximate surface area is 184 Å². The van der Waals surface area contributed by atoms with E-state index in [0.29, 0.717) is 29.4 Å².